The minimum absolute atomic E-state index is 0. The maximum absolute atomic E-state index is 5.96. The fourth-order valence-corrected chi connectivity index (χ4v) is 3.35. The molecule has 0 bridgehead atoms. The van der Waals surface area contributed by atoms with Gasteiger partial charge in [0.05, 0.1) is 0 Å². The average Bonchev–Trinajstić information content (AvgIpc) is 2.65. The molecule has 1 aromatic heterocycles. The third kappa shape index (κ3) is 3.95. The first-order chi connectivity index (χ1) is 7.66. The summed E-state index contributed by atoms with van der Waals surface area (Å²) in [5.41, 5.74) is 7.40. The molecule has 2 nitrogen and oxygen atoms in total. The Kier molecular flexibility index (Phi) is 5.93. The van der Waals surface area contributed by atoms with Gasteiger partial charge in [-0.2, -0.15) is 0 Å². The van der Waals surface area contributed by atoms with Crippen molar-refractivity contribution in [1.29, 1.82) is 0 Å². The molecular weight excluding hydrogens is 252 g/mol. The zero-order valence-electron chi connectivity index (χ0n) is 10.7. The molecule has 1 aliphatic rings. The minimum Gasteiger partial charge on any atom is -0.328 e. The number of nitrogens with zero attached hydrogens (tertiary/aromatic N) is 1. The van der Waals surface area contributed by atoms with E-state index in [2.05, 4.69) is 30.2 Å². The zero-order chi connectivity index (χ0) is 11.5. The van der Waals surface area contributed by atoms with Crippen LogP contribution in [0.1, 0.15) is 30.2 Å². The molecule has 98 valence electrons. The number of hydrogen-bond donors (Lipinski definition) is 1. The summed E-state index contributed by atoms with van der Waals surface area (Å²) < 4.78 is 0. The molecule has 0 saturated carbocycles. The fraction of sp³-hybridized carbons (Fsp3) is 0.692. The maximum atomic E-state index is 5.96. The van der Waals surface area contributed by atoms with E-state index in [1.165, 1.54) is 36.4 Å². The molecule has 17 heavy (non-hydrogen) atoms. The molecular formula is C13H23ClN2S. The van der Waals surface area contributed by atoms with Crippen LogP contribution in [-0.2, 0) is 6.54 Å². The van der Waals surface area contributed by atoms with Crippen LogP contribution in [0.25, 0.3) is 0 Å². The van der Waals surface area contributed by atoms with Gasteiger partial charge in [0.2, 0.25) is 0 Å². The average molecular weight is 275 g/mol. The standard InChI is InChI=1S/C13H22N2S.ClH/c1-10-5-8-16-13(10)9-15-6-3-12(4-7-15)11(2)14;/h5,8,11-12H,3-4,6-7,9,14H2,1-2H3;1H. The van der Waals surface area contributed by atoms with E-state index >= 15 is 0 Å². The van der Waals surface area contributed by atoms with Crippen LogP contribution in [-0.4, -0.2) is 24.0 Å². The van der Waals surface area contributed by atoms with E-state index < -0.39 is 0 Å². The molecule has 0 aromatic carbocycles. The van der Waals surface area contributed by atoms with E-state index in [0.717, 1.165) is 12.5 Å². The van der Waals surface area contributed by atoms with Crippen molar-refractivity contribution >= 4 is 23.7 Å². The van der Waals surface area contributed by atoms with Gasteiger partial charge in [0, 0.05) is 17.5 Å². The van der Waals surface area contributed by atoms with Crippen LogP contribution in [0.4, 0.5) is 0 Å². The molecule has 1 unspecified atom stereocenters. The van der Waals surface area contributed by atoms with Gasteiger partial charge in [0.15, 0.2) is 0 Å². The van der Waals surface area contributed by atoms with E-state index in [0.29, 0.717) is 6.04 Å². The number of thiophene rings is 1. The van der Waals surface area contributed by atoms with E-state index in [1.54, 1.807) is 0 Å². The molecule has 0 amide bonds. The summed E-state index contributed by atoms with van der Waals surface area (Å²) in [5.74, 6) is 0.737. The van der Waals surface area contributed by atoms with Crippen LogP contribution < -0.4 is 5.73 Å². The number of likely N-dealkylation sites (tertiary alicyclic amines) is 1. The number of nitrogens with two attached hydrogens (primary N) is 1. The van der Waals surface area contributed by atoms with Crippen LogP contribution in [0.3, 0.4) is 0 Å². The number of halogens is 1. The van der Waals surface area contributed by atoms with Crippen molar-refractivity contribution in [3.05, 3.63) is 21.9 Å². The number of rotatable bonds is 3. The van der Waals surface area contributed by atoms with Crippen LogP contribution in [0.2, 0.25) is 0 Å². The van der Waals surface area contributed by atoms with E-state index in [9.17, 15) is 0 Å². The van der Waals surface area contributed by atoms with Gasteiger partial charge in [0.25, 0.3) is 0 Å². The Hall–Kier alpha value is -0.0900. The quantitative estimate of drug-likeness (QED) is 0.918. The first kappa shape index (κ1) is 15.0. The highest BCUT2D eigenvalue weighted by atomic mass is 35.5. The lowest BCUT2D eigenvalue weighted by Gasteiger charge is -2.33. The van der Waals surface area contributed by atoms with E-state index in [-0.39, 0.29) is 12.4 Å². The molecule has 0 spiro atoms. The third-order valence-corrected chi connectivity index (χ3v) is 4.72. The second-order valence-corrected chi connectivity index (χ2v) is 6.00. The van der Waals surface area contributed by atoms with Crippen molar-refractivity contribution < 1.29 is 0 Å². The molecule has 4 heteroatoms. The van der Waals surface area contributed by atoms with Crippen LogP contribution in [0.15, 0.2) is 11.4 Å². The Bertz CT molecular complexity index is 330. The summed E-state index contributed by atoms with van der Waals surface area (Å²) in [6, 6.07) is 2.58. The summed E-state index contributed by atoms with van der Waals surface area (Å²) in [7, 11) is 0. The summed E-state index contributed by atoms with van der Waals surface area (Å²) in [5, 5.41) is 2.19. The van der Waals surface area contributed by atoms with Crippen molar-refractivity contribution in [2.75, 3.05) is 13.1 Å². The van der Waals surface area contributed by atoms with Gasteiger partial charge in [-0.3, -0.25) is 4.90 Å². The van der Waals surface area contributed by atoms with Crippen LogP contribution >= 0.6 is 23.7 Å². The molecule has 0 radical (unpaired) electrons. The molecule has 1 atom stereocenters. The Morgan fingerprint density at radius 1 is 1.47 bits per heavy atom. The second kappa shape index (κ2) is 6.74. The van der Waals surface area contributed by atoms with Crippen molar-refractivity contribution in [3.8, 4) is 0 Å². The number of piperidine rings is 1. The van der Waals surface area contributed by atoms with Gasteiger partial charge in [0.1, 0.15) is 0 Å². The minimum atomic E-state index is 0. The second-order valence-electron chi connectivity index (χ2n) is 5.00. The van der Waals surface area contributed by atoms with Crippen molar-refractivity contribution in [2.45, 2.75) is 39.3 Å². The normalized spacial score (nSPS) is 19.9. The topological polar surface area (TPSA) is 29.3 Å². The Balaban J connectivity index is 0.00000144. The smallest absolute Gasteiger partial charge is 0.0330 e. The summed E-state index contributed by atoms with van der Waals surface area (Å²) in [6.45, 7) is 7.91. The van der Waals surface area contributed by atoms with Gasteiger partial charge in [-0.05, 0) is 62.7 Å². The third-order valence-electron chi connectivity index (χ3n) is 3.71. The predicted octanol–water partition coefficient (Wildman–Crippen LogP) is 3.04. The van der Waals surface area contributed by atoms with Crippen molar-refractivity contribution in [2.24, 2.45) is 11.7 Å². The first-order valence-electron chi connectivity index (χ1n) is 6.17. The van der Waals surface area contributed by atoms with Gasteiger partial charge >= 0.3 is 0 Å². The predicted molar refractivity (Wildman–Crippen MR) is 78.0 cm³/mol. The summed E-state index contributed by atoms with van der Waals surface area (Å²) in [4.78, 5) is 4.09. The van der Waals surface area contributed by atoms with E-state index in [1.807, 2.05) is 11.3 Å². The number of hydrogen-bond acceptors (Lipinski definition) is 3. The molecule has 2 rings (SSSR count). The Morgan fingerprint density at radius 2 is 2.12 bits per heavy atom. The summed E-state index contributed by atoms with van der Waals surface area (Å²) in [6.07, 6.45) is 2.53. The van der Waals surface area contributed by atoms with Gasteiger partial charge in [-0.1, -0.05) is 0 Å². The van der Waals surface area contributed by atoms with Gasteiger partial charge in [-0.15, -0.1) is 23.7 Å². The molecule has 0 aliphatic carbocycles. The Morgan fingerprint density at radius 3 is 2.59 bits per heavy atom. The van der Waals surface area contributed by atoms with Gasteiger partial charge in [-0.25, -0.2) is 0 Å². The van der Waals surface area contributed by atoms with Crippen LogP contribution in [0.5, 0.6) is 0 Å². The zero-order valence-corrected chi connectivity index (χ0v) is 12.3. The Labute approximate surface area is 115 Å². The van der Waals surface area contributed by atoms with Crippen molar-refractivity contribution in [1.82, 2.24) is 4.90 Å². The fourth-order valence-electron chi connectivity index (χ4n) is 2.41. The highest BCUT2D eigenvalue weighted by Gasteiger charge is 2.22. The lowest BCUT2D eigenvalue weighted by atomic mass is 9.91. The van der Waals surface area contributed by atoms with E-state index in [4.69, 9.17) is 5.73 Å². The largest absolute Gasteiger partial charge is 0.328 e. The highest BCUT2D eigenvalue weighted by molar-refractivity contribution is 7.10. The lowest BCUT2D eigenvalue weighted by Crippen LogP contribution is -2.39. The molecule has 1 saturated heterocycles. The molecule has 1 fully saturated rings. The lowest BCUT2D eigenvalue weighted by molar-refractivity contribution is 0.166. The maximum Gasteiger partial charge on any atom is 0.0330 e. The molecule has 2 N–H and O–H groups in total. The van der Waals surface area contributed by atoms with Crippen LogP contribution in [0, 0.1) is 12.8 Å². The van der Waals surface area contributed by atoms with Crippen molar-refractivity contribution in [3.63, 3.8) is 0 Å². The first-order valence-corrected chi connectivity index (χ1v) is 7.05. The molecule has 2 heterocycles. The monoisotopic (exact) mass is 274 g/mol. The number of aryl methyl sites for hydroxylation is 1. The molecule has 1 aromatic rings. The SMILES string of the molecule is Cc1ccsc1CN1CCC(C(C)N)CC1.Cl. The summed E-state index contributed by atoms with van der Waals surface area (Å²) >= 11 is 1.88. The van der Waals surface area contributed by atoms with Gasteiger partial charge < -0.3 is 5.73 Å². The highest BCUT2D eigenvalue weighted by Crippen LogP contribution is 2.23. The molecule has 1 aliphatic heterocycles.